The number of benzene rings is 1. The van der Waals surface area contributed by atoms with Crippen LogP contribution in [0.3, 0.4) is 0 Å². The van der Waals surface area contributed by atoms with E-state index in [1.165, 1.54) is 0 Å². The van der Waals surface area contributed by atoms with Gasteiger partial charge in [-0.25, -0.2) is 0 Å². The second-order valence-electron chi connectivity index (χ2n) is 4.22. The molecule has 0 saturated heterocycles. The molecule has 5 heteroatoms. The summed E-state index contributed by atoms with van der Waals surface area (Å²) in [7, 11) is 0. The molecule has 2 atom stereocenters. The molecule has 0 aliphatic rings. The van der Waals surface area contributed by atoms with E-state index in [0.29, 0.717) is 22.2 Å². The van der Waals surface area contributed by atoms with Crippen LogP contribution < -0.4 is 10.5 Å². The lowest BCUT2D eigenvalue weighted by Crippen LogP contribution is -2.39. The van der Waals surface area contributed by atoms with Gasteiger partial charge in [0.15, 0.2) is 6.23 Å². The van der Waals surface area contributed by atoms with Crippen LogP contribution in [0.25, 0.3) is 0 Å². The van der Waals surface area contributed by atoms with Crippen LogP contribution >= 0.6 is 23.2 Å². The maximum Gasteiger partial charge on any atom is 0.173 e. The van der Waals surface area contributed by atoms with Gasteiger partial charge in [-0.15, -0.1) is 0 Å². The van der Waals surface area contributed by atoms with Crippen LogP contribution in [0, 0.1) is 0 Å². The third kappa shape index (κ3) is 5.02. The summed E-state index contributed by atoms with van der Waals surface area (Å²) in [6.07, 6.45) is 2.22. The second kappa shape index (κ2) is 7.85. The molecule has 0 fully saturated rings. The lowest BCUT2D eigenvalue weighted by Gasteiger charge is -2.21. The Labute approximate surface area is 118 Å². The zero-order valence-corrected chi connectivity index (χ0v) is 11.9. The third-order valence-corrected chi connectivity index (χ3v) is 3.19. The summed E-state index contributed by atoms with van der Waals surface area (Å²) in [4.78, 5) is 0. The Morgan fingerprint density at radius 1 is 1.33 bits per heavy atom. The zero-order chi connectivity index (χ0) is 13.5. The number of nitrogens with two attached hydrogens (primary N) is 1. The van der Waals surface area contributed by atoms with Crippen molar-refractivity contribution >= 4 is 23.2 Å². The fourth-order valence-electron chi connectivity index (χ4n) is 1.56. The quantitative estimate of drug-likeness (QED) is 0.596. The summed E-state index contributed by atoms with van der Waals surface area (Å²) < 4.78 is 5.43. The minimum atomic E-state index is -0.794. The Morgan fingerprint density at radius 3 is 2.72 bits per heavy atom. The lowest BCUT2D eigenvalue weighted by atomic mass is 10.1. The minimum absolute atomic E-state index is 0.395. The predicted molar refractivity (Wildman–Crippen MR) is 75.2 cm³/mol. The molecule has 3 N–H and O–H groups in total. The van der Waals surface area contributed by atoms with E-state index in [4.69, 9.17) is 33.7 Å². The van der Waals surface area contributed by atoms with E-state index in [-0.39, 0.29) is 0 Å². The van der Waals surface area contributed by atoms with Gasteiger partial charge in [0.05, 0.1) is 5.02 Å². The minimum Gasteiger partial charge on any atom is -0.471 e. The summed E-state index contributed by atoms with van der Waals surface area (Å²) >= 11 is 11.8. The van der Waals surface area contributed by atoms with Gasteiger partial charge in [0.25, 0.3) is 0 Å². The van der Waals surface area contributed by atoms with Crippen LogP contribution in [0.1, 0.15) is 32.6 Å². The van der Waals surface area contributed by atoms with Gasteiger partial charge in [0, 0.05) is 11.1 Å². The van der Waals surface area contributed by atoms with Gasteiger partial charge in [-0.3, -0.25) is 5.73 Å². The molecule has 0 aromatic heterocycles. The fraction of sp³-hybridized carbons (Fsp3) is 0.538. The maximum absolute atomic E-state index is 9.84. The SMILES string of the molecule is CCCCCC(O)C(N)Oc1cc(Cl)ccc1Cl. The number of aliphatic hydroxyl groups excluding tert-OH is 1. The van der Waals surface area contributed by atoms with Crippen LogP contribution in [0.5, 0.6) is 5.75 Å². The van der Waals surface area contributed by atoms with Crippen LogP contribution in [-0.2, 0) is 0 Å². The van der Waals surface area contributed by atoms with Crippen LogP contribution in [0.15, 0.2) is 18.2 Å². The molecule has 1 aromatic rings. The van der Waals surface area contributed by atoms with E-state index in [1.54, 1.807) is 18.2 Å². The number of unbranched alkanes of at least 4 members (excludes halogenated alkanes) is 2. The Hall–Kier alpha value is -0.480. The highest BCUT2D eigenvalue weighted by atomic mass is 35.5. The predicted octanol–water partition coefficient (Wildman–Crippen LogP) is 3.60. The molecule has 0 radical (unpaired) electrons. The molecule has 0 saturated carbocycles. The lowest BCUT2D eigenvalue weighted by molar-refractivity contribution is 0.0331. The monoisotopic (exact) mass is 291 g/mol. The number of halogens is 2. The molecule has 2 unspecified atom stereocenters. The average Bonchev–Trinajstić information content (AvgIpc) is 2.34. The standard InChI is InChI=1S/C13H19Cl2NO2/c1-2-3-4-5-11(17)13(16)18-12-8-9(14)6-7-10(12)15/h6-8,11,13,17H,2-5,16H2,1H3. The Balaban J connectivity index is 2.52. The first-order chi connectivity index (χ1) is 8.54. The van der Waals surface area contributed by atoms with Crippen LogP contribution in [0.2, 0.25) is 10.0 Å². The molecule has 3 nitrogen and oxygen atoms in total. The van der Waals surface area contributed by atoms with E-state index < -0.39 is 12.3 Å². The smallest absolute Gasteiger partial charge is 0.173 e. The van der Waals surface area contributed by atoms with Crippen molar-refractivity contribution in [2.75, 3.05) is 0 Å². The Morgan fingerprint density at radius 2 is 2.06 bits per heavy atom. The van der Waals surface area contributed by atoms with Crippen molar-refractivity contribution in [3.63, 3.8) is 0 Å². The van der Waals surface area contributed by atoms with E-state index in [9.17, 15) is 5.11 Å². The topological polar surface area (TPSA) is 55.5 Å². The molecular weight excluding hydrogens is 273 g/mol. The molecule has 0 aliphatic heterocycles. The first-order valence-corrected chi connectivity index (χ1v) is 6.85. The third-order valence-electron chi connectivity index (χ3n) is 2.64. The summed E-state index contributed by atoms with van der Waals surface area (Å²) in [6, 6.07) is 4.89. The number of hydrogen-bond acceptors (Lipinski definition) is 3. The van der Waals surface area contributed by atoms with Gasteiger partial charge in [0.2, 0.25) is 0 Å². The van der Waals surface area contributed by atoms with Crippen molar-refractivity contribution in [1.29, 1.82) is 0 Å². The van der Waals surface area contributed by atoms with Crippen molar-refractivity contribution in [3.05, 3.63) is 28.2 Å². The highest BCUT2D eigenvalue weighted by Gasteiger charge is 2.17. The summed E-state index contributed by atoms with van der Waals surface area (Å²) in [6.45, 7) is 2.11. The fourth-order valence-corrected chi connectivity index (χ4v) is 1.88. The van der Waals surface area contributed by atoms with E-state index >= 15 is 0 Å². The molecule has 1 aromatic carbocycles. The zero-order valence-electron chi connectivity index (χ0n) is 10.4. The van der Waals surface area contributed by atoms with Gasteiger partial charge in [0.1, 0.15) is 11.9 Å². The van der Waals surface area contributed by atoms with Crippen molar-refractivity contribution in [3.8, 4) is 5.75 Å². The van der Waals surface area contributed by atoms with Gasteiger partial charge >= 0.3 is 0 Å². The summed E-state index contributed by atoms with van der Waals surface area (Å²) in [5, 5.41) is 10.8. The number of ether oxygens (including phenoxy) is 1. The van der Waals surface area contributed by atoms with Gasteiger partial charge < -0.3 is 9.84 Å². The normalized spacial score (nSPS) is 14.3. The van der Waals surface area contributed by atoms with Crippen molar-refractivity contribution in [2.24, 2.45) is 5.73 Å². The van der Waals surface area contributed by atoms with Crippen LogP contribution in [0.4, 0.5) is 0 Å². The average molecular weight is 292 g/mol. The molecule has 102 valence electrons. The van der Waals surface area contributed by atoms with Gasteiger partial charge in [-0.2, -0.15) is 0 Å². The van der Waals surface area contributed by atoms with Gasteiger partial charge in [-0.1, -0.05) is 49.4 Å². The molecule has 0 amide bonds. The number of aliphatic hydroxyl groups is 1. The molecule has 0 bridgehead atoms. The van der Waals surface area contributed by atoms with E-state index in [2.05, 4.69) is 6.92 Å². The Kier molecular flexibility index (Phi) is 6.79. The van der Waals surface area contributed by atoms with Gasteiger partial charge in [-0.05, 0) is 18.6 Å². The maximum atomic E-state index is 9.84. The van der Waals surface area contributed by atoms with Crippen molar-refractivity contribution < 1.29 is 9.84 Å². The number of hydrogen-bond donors (Lipinski definition) is 2. The van der Waals surface area contributed by atoms with Crippen molar-refractivity contribution in [1.82, 2.24) is 0 Å². The molecule has 0 aliphatic carbocycles. The van der Waals surface area contributed by atoms with Crippen molar-refractivity contribution in [2.45, 2.75) is 44.9 Å². The number of rotatable bonds is 7. The Bertz CT molecular complexity index is 374. The second-order valence-corrected chi connectivity index (χ2v) is 5.06. The molecule has 0 spiro atoms. The van der Waals surface area contributed by atoms with Crippen LogP contribution in [-0.4, -0.2) is 17.4 Å². The summed E-state index contributed by atoms with van der Waals surface area (Å²) in [5.74, 6) is 0.395. The molecule has 0 heterocycles. The largest absolute Gasteiger partial charge is 0.471 e. The molecular formula is C13H19Cl2NO2. The van der Waals surface area contributed by atoms with E-state index in [1.807, 2.05) is 0 Å². The molecule has 18 heavy (non-hydrogen) atoms. The first kappa shape index (κ1) is 15.6. The first-order valence-electron chi connectivity index (χ1n) is 6.10. The highest BCUT2D eigenvalue weighted by molar-refractivity contribution is 6.34. The summed E-state index contributed by atoms with van der Waals surface area (Å²) in [5.41, 5.74) is 5.78. The van der Waals surface area contributed by atoms with E-state index in [0.717, 1.165) is 19.3 Å². The highest BCUT2D eigenvalue weighted by Crippen LogP contribution is 2.28. The molecule has 1 rings (SSSR count).